The molecule has 0 bridgehead atoms. The molecule has 0 radical (unpaired) electrons. The molecule has 20 heavy (non-hydrogen) atoms. The Kier molecular flexibility index (Phi) is 4.77. The number of hydrogen-bond donors (Lipinski definition) is 1. The van der Waals surface area contributed by atoms with Crippen LogP contribution in [0.3, 0.4) is 0 Å². The van der Waals surface area contributed by atoms with Crippen LogP contribution in [0.25, 0.3) is 0 Å². The predicted octanol–water partition coefficient (Wildman–Crippen LogP) is 1.29. The number of carboxylic acids is 1. The van der Waals surface area contributed by atoms with Crippen molar-refractivity contribution >= 4 is 27.6 Å². The lowest BCUT2D eigenvalue weighted by molar-refractivity contribution is 0.0659. The maximum absolute atomic E-state index is 12.1. The molecule has 2 heterocycles. The molecule has 112 valence electrons. The molecule has 0 aromatic carbocycles. The van der Waals surface area contributed by atoms with E-state index >= 15 is 0 Å². The van der Waals surface area contributed by atoms with Crippen LogP contribution in [0.5, 0.6) is 0 Å². The number of sulfone groups is 1. The molecule has 1 atom stereocenters. The molecule has 1 unspecified atom stereocenters. The van der Waals surface area contributed by atoms with Crippen LogP contribution in [0.15, 0.2) is 16.7 Å². The van der Waals surface area contributed by atoms with Crippen molar-refractivity contribution in [2.45, 2.75) is 18.8 Å². The van der Waals surface area contributed by atoms with Gasteiger partial charge >= 0.3 is 5.97 Å². The average Bonchev–Trinajstić information content (AvgIpc) is 2.87. The fraction of sp³-hybridized carbons (Fsp3) is 0.583. The average molecular weight is 319 g/mol. The van der Waals surface area contributed by atoms with Crippen LogP contribution in [-0.2, 0) is 16.4 Å². The van der Waals surface area contributed by atoms with E-state index in [4.69, 9.17) is 9.52 Å². The van der Waals surface area contributed by atoms with Gasteiger partial charge in [-0.1, -0.05) is 6.92 Å². The number of carboxylic acid groups (broad SMARTS) is 1. The highest BCUT2D eigenvalue weighted by atomic mass is 32.2. The van der Waals surface area contributed by atoms with Crippen LogP contribution in [0.2, 0.25) is 0 Å². The van der Waals surface area contributed by atoms with Gasteiger partial charge < -0.3 is 9.52 Å². The van der Waals surface area contributed by atoms with Gasteiger partial charge in [-0.2, -0.15) is 11.8 Å². The number of aromatic carboxylic acids is 1. The highest BCUT2D eigenvalue weighted by molar-refractivity contribution is 8.01. The topological polar surface area (TPSA) is 87.8 Å². The first kappa shape index (κ1) is 15.4. The number of nitrogens with zero attached hydrogens (tertiary/aromatic N) is 1. The summed E-state index contributed by atoms with van der Waals surface area (Å²) in [4.78, 5) is 12.9. The normalized spacial score (nSPS) is 20.9. The summed E-state index contributed by atoms with van der Waals surface area (Å²) in [5.41, 5.74) is 0.515. The van der Waals surface area contributed by atoms with E-state index in [-0.39, 0.29) is 18.1 Å². The number of carbonyl (C=O) groups is 1. The molecule has 1 saturated heterocycles. The van der Waals surface area contributed by atoms with Crippen molar-refractivity contribution in [3.8, 4) is 0 Å². The van der Waals surface area contributed by atoms with Gasteiger partial charge in [-0.05, 0) is 6.07 Å². The van der Waals surface area contributed by atoms with Crippen molar-refractivity contribution < 1.29 is 22.7 Å². The summed E-state index contributed by atoms with van der Waals surface area (Å²) in [7, 11) is -3.18. The third-order valence-corrected chi connectivity index (χ3v) is 6.65. The first-order chi connectivity index (χ1) is 9.45. The third-order valence-electron chi connectivity index (χ3n) is 3.32. The van der Waals surface area contributed by atoms with E-state index in [1.54, 1.807) is 24.8 Å². The zero-order valence-electron chi connectivity index (χ0n) is 11.1. The number of rotatable bonds is 5. The Hall–Kier alpha value is -0.990. The quantitative estimate of drug-likeness (QED) is 0.874. The van der Waals surface area contributed by atoms with Gasteiger partial charge in [-0.25, -0.2) is 13.2 Å². The summed E-state index contributed by atoms with van der Waals surface area (Å²) >= 11 is 1.61. The second kappa shape index (κ2) is 6.19. The number of furan rings is 1. The molecule has 6 nitrogen and oxygen atoms in total. The first-order valence-corrected chi connectivity index (χ1v) is 9.15. The van der Waals surface area contributed by atoms with Crippen molar-refractivity contribution in [3.63, 3.8) is 0 Å². The maximum atomic E-state index is 12.1. The molecule has 1 aromatic rings. The van der Waals surface area contributed by atoms with E-state index in [0.717, 1.165) is 5.75 Å². The molecule has 2 rings (SSSR count). The van der Waals surface area contributed by atoms with Gasteiger partial charge in [0, 0.05) is 35.9 Å². The van der Waals surface area contributed by atoms with Crippen LogP contribution in [0, 0.1) is 0 Å². The van der Waals surface area contributed by atoms with Gasteiger partial charge in [-0.15, -0.1) is 0 Å². The fourth-order valence-electron chi connectivity index (χ4n) is 2.19. The zero-order valence-corrected chi connectivity index (χ0v) is 12.7. The van der Waals surface area contributed by atoms with Crippen LogP contribution in [0.1, 0.15) is 23.0 Å². The monoisotopic (exact) mass is 319 g/mol. The van der Waals surface area contributed by atoms with Gasteiger partial charge in [-0.3, -0.25) is 4.90 Å². The molecule has 8 heteroatoms. The lowest BCUT2D eigenvalue weighted by Crippen LogP contribution is -2.47. The Labute approximate surface area is 122 Å². The highest BCUT2D eigenvalue weighted by Gasteiger charge is 2.33. The van der Waals surface area contributed by atoms with E-state index in [0.29, 0.717) is 17.9 Å². The summed E-state index contributed by atoms with van der Waals surface area (Å²) in [5.74, 6) is 0.209. The minimum Gasteiger partial charge on any atom is -0.475 e. The predicted molar refractivity (Wildman–Crippen MR) is 76.7 cm³/mol. The molecule has 1 aliphatic heterocycles. The van der Waals surface area contributed by atoms with E-state index in [2.05, 4.69) is 0 Å². The molecule has 1 N–H and O–H groups in total. The molecule has 1 aliphatic rings. The van der Waals surface area contributed by atoms with Gasteiger partial charge in [0.2, 0.25) is 5.76 Å². The molecular formula is C12H17NO5S2. The van der Waals surface area contributed by atoms with E-state index in [1.807, 2.05) is 4.90 Å². The zero-order chi connectivity index (χ0) is 14.8. The lowest BCUT2D eigenvalue weighted by atomic mass is 10.2. The summed E-state index contributed by atoms with van der Waals surface area (Å²) in [6, 6.07) is 1.58. The summed E-state index contributed by atoms with van der Waals surface area (Å²) < 4.78 is 29.2. The van der Waals surface area contributed by atoms with Gasteiger partial charge in [0.25, 0.3) is 0 Å². The Morgan fingerprint density at radius 3 is 3.00 bits per heavy atom. The van der Waals surface area contributed by atoms with Gasteiger partial charge in [0.1, 0.15) is 5.37 Å². The molecule has 0 amide bonds. The second-order valence-electron chi connectivity index (χ2n) is 4.53. The molecule has 0 aliphatic carbocycles. The molecule has 1 aromatic heterocycles. The van der Waals surface area contributed by atoms with E-state index < -0.39 is 21.2 Å². The standard InChI is InChI=1S/C12H17NO5S2/c1-2-20(16,17)10-8-19-6-4-13(10)7-9-3-5-18-11(9)12(14)15/h3,5,10H,2,4,6-8H2,1H3,(H,14,15). The summed E-state index contributed by atoms with van der Waals surface area (Å²) in [5, 5.41) is 8.47. The van der Waals surface area contributed by atoms with E-state index in [9.17, 15) is 13.2 Å². The molecular weight excluding hydrogens is 302 g/mol. The maximum Gasteiger partial charge on any atom is 0.372 e. The minimum atomic E-state index is -3.18. The Balaban J connectivity index is 2.21. The third kappa shape index (κ3) is 3.18. The van der Waals surface area contributed by atoms with Crippen LogP contribution in [0.4, 0.5) is 0 Å². The minimum absolute atomic E-state index is 0.0892. The Morgan fingerprint density at radius 2 is 2.35 bits per heavy atom. The van der Waals surface area contributed by atoms with Crippen LogP contribution < -0.4 is 0 Å². The van der Waals surface area contributed by atoms with Crippen molar-refractivity contribution in [2.24, 2.45) is 0 Å². The molecule has 0 spiro atoms. The largest absolute Gasteiger partial charge is 0.475 e. The summed E-state index contributed by atoms with van der Waals surface area (Å²) in [6.07, 6.45) is 1.32. The van der Waals surface area contributed by atoms with Crippen molar-refractivity contribution in [3.05, 3.63) is 23.7 Å². The van der Waals surface area contributed by atoms with Crippen LogP contribution >= 0.6 is 11.8 Å². The van der Waals surface area contributed by atoms with Crippen molar-refractivity contribution in [2.75, 3.05) is 23.8 Å². The van der Waals surface area contributed by atoms with Gasteiger partial charge in [0.05, 0.1) is 6.26 Å². The second-order valence-corrected chi connectivity index (χ2v) is 8.13. The first-order valence-electron chi connectivity index (χ1n) is 6.28. The number of hydrogen-bond acceptors (Lipinski definition) is 6. The Morgan fingerprint density at radius 1 is 1.60 bits per heavy atom. The Bertz CT molecular complexity index is 580. The summed E-state index contributed by atoms with van der Waals surface area (Å²) in [6.45, 7) is 2.54. The van der Waals surface area contributed by atoms with Crippen molar-refractivity contribution in [1.82, 2.24) is 4.90 Å². The lowest BCUT2D eigenvalue weighted by Gasteiger charge is -2.34. The fourth-order valence-corrected chi connectivity index (χ4v) is 5.27. The highest BCUT2D eigenvalue weighted by Crippen LogP contribution is 2.24. The van der Waals surface area contributed by atoms with Gasteiger partial charge in [0.15, 0.2) is 9.84 Å². The smallest absolute Gasteiger partial charge is 0.372 e. The molecule has 1 fully saturated rings. The van der Waals surface area contributed by atoms with E-state index in [1.165, 1.54) is 6.26 Å². The molecule has 0 saturated carbocycles. The van der Waals surface area contributed by atoms with Crippen LogP contribution in [-0.4, -0.2) is 53.6 Å². The van der Waals surface area contributed by atoms with Crippen molar-refractivity contribution in [1.29, 1.82) is 0 Å². The number of thioether (sulfide) groups is 1. The SMILES string of the molecule is CCS(=O)(=O)C1CSCCN1Cc1ccoc1C(=O)O.